The van der Waals surface area contributed by atoms with Crippen LogP contribution >= 0.6 is 11.8 Å². The Kier molecular flexibility index (Phi) is 6.99. The summed E-state index contributed by atoms with van der Waals surface area (Å²) in [6.07, 6.45) is 2.09. The van der Waals surface area contributed by atoms with Crippen LogP contribution in [0, 0.1) is 0 Å². The van der Waals surface area contributed by atoms with Crippen LogP contribution in [0.15, 0.2) is 59.8 Å². The zero-order valence-corrected chi connectivity index (χ0v) is 19.3. The summed E-state index contributed by atoms with van der Waals surface area (Å²) in [5.41, 5.74) is 2.19. The molecule has 1 amide bonds. The Morgan fingerprint density at radius 3 is 2.38 bits per heavy atom. The van der Waals surface area contributed by atoms with E-state index in [4.69, 9.17) is 10.6 Å². The van der Waals surface area contributed by atoms with E-state index in [0.717, 1.165) is 37.2 Å². The summed E-state index contributed by atoms with van der Waals surface area (Å²) in [5, 5.41) is 8.51. The first kappa shape index (κ1) is 22.2. The fraction of sp³-hybridized carbons (Fsp3) is 0.375. The molecule has 2 N–H and O–H groups in total. The van der Waals surface area contributed by atoms with Crippen LogP contribution in [0.4, 0.5) is 0 Å². The average Bonchev–Trinajstić information content (AvgIpc) is 3.47. The van der Waals surface area contributed by atoms with Crippen molar-refractivity contribution in [3.8, 4) is 5.75 Å². The molecule has 0 spiro atoms. The van der Waals surface area contributed by atoms with Gasteiger partial charge in [-0.25, -0.2) is 4.68 Å². The second kappa shape index (κ2) is 10.1. The van der Waals surface area contributed by atoms with Crippen LogP contribution in [-0.4, -0.2) is 38.8 Å². The molecule has 168 valence electrons. The average molecular weight is 452 g/mol. The molecule has 1 saturated heterocycles. The van der Waals surface area contributed by atoms with Gasteiger partial charge in [-0.1, -0.05) is 68.1 Å². The Balaban J connectivity index is 1.47. The topological polar surface area (TPSA) is 86.3 Å². The highest BCUT2D eigenvalue weighted by molar-refractivity contribution is 8.00. The van der Waals surface area contributed by atoms with Gasteiger partial charge in [0.2, 0.25) is 11.1 Å². The minimum Gasteiger partial charge on any atom is -0.486 e. The summed E-state index contributed by atoms with van der Waals surface area (Å²) in [4.78, 5) is 15.2. The minimum absolute atomic E-state index is 0.0877. The van der Waals surface area contributed by atoms with Crippen LogP contribution in [0.25, 0.3) is 0 Å². The van der Waals surface area contributed by atoms with Crippen LogP contribution < -0.4 is 10.6 Å². The summed E-state index contributed by atoms with van der Waals surface area (Å²) in [5.74, 6) is 8.08. The van der Waals surface area contributed by atoms with Crippen molar-refractivity contribution in [3.63, 3.8) is 0 Å². The first-order valence-electron chi connectivity index (χ1n) is 11.0. The van der Waals surface area contributed by atoms with E-state index >= 15 is 0 Å². The van der Waals surface area contributed by atoms with Crippen molar-refractivity contribution in [1.82, 2.24) is 19.8 Å². The van der Waals surface area contributed by atoms with Gasteiger partial charge in [-0.05, 0) is 42.0 Å². The van der Waals surface area contributed by atoms with Crippen molar-refractivity contribution in [3.05, 3.63) is 71.5 Å². The molecule has 0 saturated carbocycles. The molecule has 2 heterocycles. The van der Waals surface area contributed by atoms with Crippen molar-refractivity contribution in [2.75, 3.05) is 18.9 Å². The highest BCUT2D eigenvalue weighted by Gasteiger charge is 2.30. The molecule has 4 rings (SSSR count). The fourth-order valence-corrected chi connectivity index (χ4v) is 4.74. The number of carbonyl (C=O) groups excluding carboxylic acids is 1. The Morgan fingerprint density at radius 1 is 1.03 bits per heavy atom. The van der Waals surface area contributed by atoms with Crippen molar-refractivity contribution in [2.24, 2.45) is 0 Å². The number of thioether (sulfide) groups is 1. The highest BCUT2D eigenvalue weighted by Crippen LogP contribution is 2.36. The number of hydrogen-bond donors (Lipinski definition) is 1. The molecule has 7 nitrogen and oxygen atoms in total. The fourth-order valence-electron chi connectivity index (χ4n) is 3.68. The number of rotatable bonds is 8. The number of benzene rings is 2. The zero-order chi connectivity index (χ0) is 22.5. The van der Waals surface area contributed by atoms with Crippen LogP contribution in [-0.2, 0) is 11.4 Å². The molecule has 32 heavy (non-hydrogen) atoms. The number of nitrogen functional groups attached to an aromatic ring is 1. The minimum atomic E-state index is -0.418. The molecular weight excluding hydrogens is 422 g/mol. The Bertz CT molecular complexity index is 1030. The second-order valence-corrected chi connectivity index (χ2v) is 9.29. The first-order valence-corrected chi connectivity index (χ1v) is 11.8. The van der Waals surface area contributed by atoms with Crippen LogP contribution in [0.1, 0.15) is 54.8 Å². The number of amides is 1. The molecule has 0 bridgehead atoms. The number of hydrogen-bond acceptors (Lipinski definition) is 6. The molecule has 1 aliphatic rings. The van der Waals surface area contributed by atoms with Crippen molar-refractivity contribution in [2.45, 2.75) is 49.6 Å². The van der Waals surface area contributed by atoms with Gasteiger partial charge >= 0.3 is 0 Å². The monoisotopic (exact) mass is 451 g/mol. The van der Waals surface area contributed by atoms with Gasteiger partial charge in [0.05, 0.1) is 0 Å². The first-order chi connectivity index (χ1) is 15.5. The molecular formula is C24H29N5O2S. The summed E-state index contributed by atoms with van der Waals surface area (Å²) in [7, 11) is 0. The SMILES string of the molecule is CC(C)c1ccc(OCc2nnc(SC(C(=O)N3CCCC3)c3ccccc3)n2N)cc1. The maximum absolute atomic E-state index is 13.2. The van der Waals surface area contributed by atoms with Crippen LogP contribution in [0.3, 0.4) is 0 Å². The number of likely N-dealkylation sites (tertiary alicyclic amines) is 1. The van der Waals surface area contributed by atoms with Gasteiger partial charge in [-0.2, -0.15) is 0 Å². The molecule has 0 radical (unpaired) electrons. The quantitative estimate of drug-likeness (QED) is 0.409. The summed E-state index contributed by atoms with van der Waals surface area (Å²) < 4.78 is 7.27. The molecule has 1 unspecified atom stereocenters. The molecule has 1 fully saturated rings. The third-order valence-corrected chi connectivity index (χ3v) is 6.82. The van der Waals surface area contributed by atoms with E-state index in [2.05, 4.69) is 36.2 Å². The predicted octanol–water partition coefficient (Wildman–Crippen LogP) is 4.15. The number of aromatic nitrogens is 3. The summed E-state index contributed by atoms with van der Waals surface area (Å²) >= 11 is 1.33. The zero-order valence-electron chi connectivity index (χ0n) is 18.5. The summed E-state index contributed by atoms with van der Waals surface area (Å²) in [6.45, 7) is 6.10. The molecule has 3 aromatic rings. The molecule has 1 atom stereocenters. The van der Waals surface area contributed by atoms with Crippen LogP contribution in [0.5, 0.6) is 5.75 Å². The number of carbonyl (C=O) groups is 1. The van der Waals surface area contributed by atoms with E-state index in [1.807, 2.05) is 47.4 Å². The van der Waals surface area contributed by atoms with E-state index in [9.17, 15) is 4.79 Å². The Hall–Kier alpha value is -3.00. The lowest BCUT2D eigenvalue weighted by Gasteiger charge is -2.22. The standard InChI is InChI=1S/C24H29N5O2S/c1-17(2)18-10-12-20(13-11-18)31-16-21-26-27-24(29(21)25)32-22(19-8-4-3-5-9-19)23(30)28-14-6-7-15-28/h3-5,8-13,17,22H,6-7,14-16,25H2,1-2H3. The normalized spacial score (nSPS) is 14.7. The van der Waals surface area contributed by atoms with E-state index in [1.54, 1.807) is 0 Å². The van der Waals surface area contributed by atoms with Gasteiger partial charge in [0.1, 0.15) is 17.6 Å². The predicted molar refractivity (Wildman–Crippen MR) is 126 cm³/mol. The molecule has 2 aromatic carbocycles. The van der Waals surface area contributed by atoms with Gasteiger partial charge in [-0.15, -0.1) is 10.2 Å². The van der Waals surface area contributed by atoms with E-state index in [1.165, 1.54) is 22.0 Å². The van der Waals surface area contributed by atoms with Gasteiger partial charge in [-0.3, -0.25) is 4.79 Å². The lowest BCUT2D eigenvalue weighted by Crippen LogP contribution is -2.31. The second-order valence-electron chi connectivity index (χ2n) is 8.22. The lowest BCUT2D eigenvalue weighted by molar-refractivity contribution is -0.129. The van der Waals surface area contributed by atoms with Crippen molar-refractivity contribution < 1.29 is 9.53 Å². The molecule has 0 aliphatic carbocycles. The van der Waals surface area contributed by atoms with E-state index in [-0.39, 0.29) is 12.5 Å². The van der Waals surface area contributed by atoms with Gasteiger partial charge < -0.3 is 15.5 Å². The number of nitrogens with two attached hydrogens (primary N) is 1. The molecule has 8 heteroatoms. The van der Waals surface area contributed by atoms with Crippen molar-refractivity contribution >= 4 is 17.7 Å². The van der Waals surface area contributed by atoms with Gasteiger partial charge in [0.25, 0.3) is 0 Å². The lowest BCUT2D eigenvalue weighted by atomic mass is 10.0. The molecule has 1 aromatic heterocycles. The van der Waals surface area contributed by atoms with E-state index < -0.39 is 5.25 Å². The number of ether oxygens (including phenoxy) is 1. The highest BCUT2D eigenvalue weighted by atomic mass is 32.2. The van der Waals surface area contributed by atoms with Crippen molar-refractivity contribution in [1.29, 1.82) is 0 Å². The van der Waals surface area contributed by atoms with Gasteiger partial charge in [0, 0.05) is 13.1 Å². The smallest absolute Gasteiger partial charge is 0.240 e. The number of nitrogens with zero attached hydrogens (tertiary/aromatic N) is 4. The Morgan fingerprint density at radius 2 is 1.72 bits per heavy atom. The maximum Gasteiger partial charge on any atom is 0.240 e. The largest absolute Gasteiger partial charge is 0.486 e. The third kappa shape index (κ3) is 5.07. The van der Waals surface area contributed by atoms with Gasteiger partial charge in [0.15, 0.2) is 5.82 Å². The van der Waals surface area contributed by atoms with E-state index in [0.29, 0.717) is 16.9 Å². The molecule has 1 aliphatic heterocycles. The summed E-state index contributed by atoms with van der Waals surface area (Å²) in [6, 6.07) is 17.8. The van der Waals surface area contributed by atoms with Crippen LogP contribution in [0.2, 0.25) is 0 Å². The Labute approximate surface area is 192 Å². The maximum atomic E-state index is 13.2. The third-order valence-electron chi connectivity index (χ3n) is 5.62.